The zero-order valence-corrected chi connectivity index (χ0v) is 17.8. The van der Waals surface area contributed by atoms with Gasteiger partial charge < -0.3 is 25.3 Å². The number of ether oxygens (including phenoxy) is 1. The van der Waals surface area contributed by atoms with E-state index in [1.807, 2.05) is 4.90 Å². The molecule has 1 unspecified atom stereocenters. The minimum absolute atomic E-state index is 0.0544. The number of nitrogens with two attached hydrogens (primary N) is 1. The van der Waals surface area contributed by atoms with Crippen LogP contribution in [0.15, 0.2) is 22.2 Å². The molecule has 0 radical (unpaired) electrons. The number of carbonyl (C=O) groups is 2. The summed E-state index contributed by atoms with van der Waals surface area (Å²) in [6, 6.07) is 0. The Bertz CT molecular complexity index is 1240. The Labute approximate surface area is 184 Å². The topological polar surface area (TPSA) is 146 Å². The van der Waals surface area contributed by atoms with Gasteiger partial charge in [-0.15, -0.1) is 6.58 Å². The molecule has 0 aliphatic carbocycles. The van der Waals surface area contributed by atoms with E-state index < -0.39 is 35.0 Å². The molecule has 1 aliphatic rings. The van der Waals surface area contributed by atoms with Crippen molar-refractivity contribution in [1.82, 2.24) is 24.0 Å². The second-order valence-corrected chi connectivity index (χ2v) is 7.44. The number of anilines is 1. The lowest BCUT2D eigenvalue weighted by Crippen LogP contribution is -2.59. The Morgan fingerprint density at radius 2 is 1.88 bits per heavy atom. The van der Waals surface area contributed by atoms with Crippen molar-refractivity contribution in [3.05, 3.63) is 33.5 Å². The number of aromatic nitrogens is 4. The van der Waals surface area contributed by atoms with E-state index in [0.29, 0.717) is 39.1 Å². The molecule has 0 spiro atoms. The van der Waals surface area contributed by atoms with Gasteiger partial charge in [-0.3, -0.25) is 14.2 Å². The lowest BCUT2D eigenvalue weighted by atomic mass is 10.2. The summed E-state index contributed by atoms with van der Waals surface area (Å²) in [5.41, 5.74) is -0.609. The minimum Gasteiger partial charge on any atom is -0.422 e. The quantitative estimate of drug-likeness (QED) is 0.391. The fraction of sp³-hybridized carbons (Fsp3) is 0.500. The molecule has 1 saturated heterocycles. The molecule has 12 nitrogen and oxygen atoms in total. The second-order valence-electron chi connectivity index (χ2n) is 7.44. The number of esters is 1. The average molecular weight is 473 g/mol. The zero-order chi connectivity index (χ0) is 24.7. The largest absolute Gasteiger partial charge is 0.491 e. The monoisotopic (exact) mass is 473 g/mol. The summed E-state index contributed by atoms with van der Waals surface area (Å²) >= 11 is 0. The van der Waals surface area contributed by atoms with E-state index in [9.17, 15) is 32.3 Å². The van der Waals surface area contributed by atoms with Gasteiger partial charge in [-0.1, -0.05) is 6.08 Å². The predicted molar refractivity (Wildman–Crippen MR) is 110 cm³/mol. The summed E-state index contributed by atoms with van der Waals surface area (Å²) < 4.78 is 45.1. The molecule has 2 aromatic heterocycles. The number of allylic oxidation sites excluding steroid dienone is 1. The number of imidazole rings is 1. The number of amides is 1. The lowest BCUT2D eigenvalue weighted by Gasteiger charge is -2.29. The van der Waals surface area contributed by atoms with Gasteiger partial charge in [0, 0.05) is 46.7 Å². The third kappa shape index (κ3) is 3.99. The van der Waals surface area contributed by atoms with Gasteiger partial charge in [-0.2, -0.15) is 18.2 Å². The number of carbonyl (C=O) groups excluding carboxylic acids is 2. The van der Waals surface area contributed by atoms with Crippen LogP contribution in [0.25, 0.3) is 11.2 Å². The zero-order valence-electron chi connectivity index (χ0n) is 17.8. The molecule has 0 saturated carbocycles. The van der Waals surface area contributed by atoms with Crippen LogP contribution in [0, 0.1) is 0 Å². The Morgan fingerprint density at radius 1 is 1.27 bits per heavy atom. The van der Waals surface area contributed by atoms with Gasteiger partial charge in [0.15, 0.2) is 11.2 Å². The number of alkyl halides is 3. The third-order valence-electron chi connectivity index (χ3n) is 5.25. The first-order valence-electron chi connectivity index (χ1n) is 9.74. The van der Waals surface area contributed by atoms with Gasteiger partial charge >= 0.3 is 17.8 Å². The minimum atomic E-state index is -5.50. The van der Waals surface area contributed by atoms with Crippen molar-refractivity contribution in [2.75, 3.05) is 31.1 Å². The molecule has 33 heavy (non-hydrogen) atoms. The summed E-state index contributed by atoms with van der Waals surface area (Å²) in [6.45, 7) is 6.66. The molecule has 3 heterocycles. The Kier molecular flexibility index (Phi) is 6.10. The summed E-state index contributed by atoms with van der Waals surface area (Å²) in [7, 11) is 1.21. The molecule has 15 heteroatoms. The first-order chi connectivity index (χ1) is 15.3. The van der Waals surface area contributed by atoms with Crippen molar-refractivity contribution in [1.29, 1.82) is 0 Å². The number of aryl methyl sites for hydroxylation is 1. The van der Waals surface area contributed by atoms with Crippen LogP contribution >= 0.6 is 0 Å². The van der Waals surface area contributed by atoms with Crippen molar-refractivity contribution >= 4 is 29.0 Å². The molecule has 1 fully saturated rings. The molecular weight excluding hydrogens is 451 g/mol. The van der Waals surface area contributed by atoms with Crippen LogP contribution in [0.4, 0.5) is 19.1 Å². The molecule has 3 N–H and O–H groups in total. The number of halogens is 3. The first kappa shape index (κ1) is 24.0. The second kappa shape index (κ2) is 8.38. The van der Waals surface area contributed by atoms with E-state index in [0.717, 1.165) is 4.57 Å². The van der Waals surface area contributed by atoms with Crippen molar-refractivity contribution in [3.63, 3.8) is 0 Å². The van der Waals surface area contributed by atoms with E-state index in [4.69, 9.17) is 5.73 Å². The number of piperazine rings is 1. The van der Waals surface area contributed by atoms with Crippen LogP contribution in [-0.2, 0) is 33.6 Å². The Balaban J connectivity index is 2.35. The molecule has 3 rings (SSSR count). The van der Waals surface area contributed by atoms with Crippen LogP contribution in [0.2, 0.25) is 0 Å². The van der Waals surface area contributed by atoms with E-state index >= 15 is 0 Å². The number of hydrogen-bond donors (Lipinski definition) is 2. The number of nitrogens with zero attached hydrogens (tertiary/aromatic N) is 5. The van der Waals surface area contributed by atoms with Gasteiger partial charge in [0.05, 0.1) is 0 Å². The van der Waals surface area contributed by atoms with Crippen molar-refractivity contribution in [2.24, 2.45) is 12.8 Å². The van der Waals surface area contributed by atoms with E-state index in [-0.39, 0.29) is 22.3 Å². The molecule has 0 bridgehead atoms. The predicted octanol–water partition coefficient (Wildman–Crippen LogP) is -1.24. The molecule has 180 valence electrons. The number of rotatable bonds is 6. The van der Waals surface area contributed by atoms with Crippen LogP contribution in [0.1, 0.15) is 6.92 Å². The van der Waals surface area contributed by atoms with Crippen molar-refractivity contribution in [2.45, 2.75) is 25.4 Å². The van der Waals surface area contributed by atoms with Crippen LogP contribution in [0.5, 0.6) is 0 Å². The molecule has 0 aromatic carbocycles. The van der Waals surface area contributed by atoms with Gasteiger partial charge in [0.2, 0.25) is 5.95 Å². The SMILES string of the molecule is C=CCn1c(N2CCNCC2)nc2c1c(=O)n(C(C)(OC(=O)C(F)(F)F)C(N)=O)c(=O)n2C. The fourth-order valence-electron chi connectivity index (χ4n) is 3.54. The molecule has 2 aromatic rings. The molecule has 1 aliphatic heterocycles. The van der Waals surface area contributed by atoms with Crippen molar-refractivity contribution < 1.29 is 27.5 Å². The highest BCUT2D eigenvalue weighted by Gasteiger charge is 2.50. The maximum atomic E-state index is 13.4. The van der Waals surface area contributed by atoms with E-state index in [1.54, 1.807) is 0 Å². The number of hydrogen-bond acceptors (Lipinski definition) is 8. The number of nitrogens with one attached hydrogen (secondary N) is 1. The summed E-state index contributed by atoms with van der Waals surface area (Å²) in [4.78, 5) is 56.3. The van der Waals surface area contributed by atoms with Gasteiger partial charge in [-0.25, -0.2) is 14.2 Å². The molecule has 1 atom stereocenters. The lowest BCUT2D eigenvalue weighted by molar-refractivity contribution is -0.221. The van der Waals surface area contributed by atoms with Gasteiger partial charge in [0.1, 0.15) is 0 Å². The Morgan fingerprint density at radius 3 is 2.39 bits per heavy atom. The Hall–Kier alpha value is -3.62. The summed E-state index contributed by atoms with van der Waals surface area (Å²) in [6.07, 6.45) is -4.05. The maximum absolute atomic E-state index is 13.4. The maximum Gasteiger partial charge on any atom is 0.491 e. The summed E-state index contributed by atoms with van der Waals surface area (Å²) in [5, 5.41) is 3.16. The number of fused-ring (bicyclic) bond motifs is 1. The highest BCUT2D eigenvalue weighted by atomic mass is 19.4. The molecular formula is C18H22F3N7O5. The van der Waals surface area contributed by atoms with E-state index in [1.165, 1.54) is 17.7 Å². The third-order valence-corrected chi connectivity index (χ3v) is 5.25. The fourth-order valence-corrected chi connectivity index (χ4v) is 3.54. The summed E-state index contributed by atoms with van der Waals surface area (Å²) in [5.74, 6) is -4.13. The van der Waals surface area contributed by atoms with Crippen molar-refractivity contribution in [3.8, 4) is 0 Å². The highest BCUT2D eigenvalue weighted by Crippen LogP contribution is 2.25. The standard InChI is InChI=1S/C18H22F3N7O5/c1-4-7-27-10-11(24-15(27)26-8-5-23-6-9-26)25(3)16(32)28(12(10)29)17(2,13(22)30)33-14(31)18(19,20)21/h4,23H,1,5-9H2,2-3H3,(H2,22,30). The van der Waals surface area contributed by atoms with Gasteiger partial charge in [0.25, 0.3) is 17.2 Å². The van der Waals surface area contributed by atoms with Crippen LogP contribution in [0.3, 0.4) is 0 Å². The van der Waals surface area contributed by atoms with Crippen LogP contribution in [-0.4, -0.2) is 62.9 Å². The number of primary amides is 1. The highest BCUT2D eigenvalue weighted by molar-refractivity contribution is 5.86. The average Bonchev–Trinajstić information content (AvgIpc) is 3.12. The smallest absolute Gasteiger partial charge is 0.422 e. The van der Waals surface area contributed by atoms with Crippen LogP contribution < -0.4 is 27.2 Å². The first-order valence-corrected chi connectivity index (χ1v) is 9.74. The van der Waals surface area contributed by atoms with E-state index in [2.05, 4.69) is 21.6 Å². The van der Waals surface area contributed by atoms with Gasteiger partial charge in [-0.05, 0) is 0 Å². The molecule has 1 amide bonds. The normalized spacial score (nSPS) is 16.5.